The third-order valence-corrected chi connectivity index (χ3v) is 2.52. The van der Waals surface area contributed by atoms with E-state index in [0.29, 0.717) is 0 Å². The van der Waals surface area contributed by atoms with Gasteiger partial charge in [-0.05, 0) is 42.3 Å². The van der Waals surface area contributed by atoms with Gasteiger partial charge >= 0.3 is 0 Å². The van der Waals surface area contributed by atoms with Crippen LogP contribution in [0.15, 0.2) is 48.5 Å². The van der Waals surface area contributed by atoms with Crippen LogP contribution < -0.4 is 5.32 Å². The number of benzene rings is 2. The average molecular weight is 242 g/mol. The molecule has 1 N–H and O–H groups in total. The molecule has 0 aliphatic heterocycles. The molecule has 91 valence electrons. The number of hydrogen-bond donors (Lipinski definition) is 1. The topological polar surface area (TPSA) is 29.1 Å². The Morgan fingerprint density at radius 2 is 1.67 bits per heavy atom. The first-order valence-corrected chi connectivity index (χ1v) is 5.60. The second kappa shape index (κ2) is 5.45. The highest BCUT2D eigenvalue weighted by atomic mass is 19.1. The van der Waals surface area contributed by atoms with Crippen LogP contribution in [0.5, 0.6) is 0 Å². The van der Waals surface area contributed by atoms with Crippen molar-refractivity contribution in [2.45, 2.75) is 6.42 Å². The Bertz CT molecular complexity index is 482. The predicted octanol–water partition coefficient (Wildman–Crippen LogP) is 3.19. The summed E-state index contributed by atoms with van der Waals surface area (Å²) in [5.41, 5.74) is 2.41. The number of rotatable bonds is 3. The molecule has 1 radical (unpaired) electrons. The number of halogens is 1. The smallest absolute Gasteiger partial charge is 0.228 e. The summed E-state index contributed by atoms with van der Waals surface area (Å²) < 4.78 is 12.7. The van der Waals surface area contributed by atoms with E-state index in [2.05, 4.69) is 12.2 Å². The number of carbonyl (C=O) groups excluding carboxylic acids is 1. The molecule has 0 saturated carbocycles. The molecule has 0 aliphatic carbocycles. The summed E-state index contributed by atoms with van der Waals surface area (Å²) in [5, 5.41) is 2.77. The van der Waals surface area contributed by atoms with Gasteiger partial charge in [0.1, 0.15) is 5.82 Å². The number of amides is 1. The lowest BCUT2D eigenvalue weighted by atomic mass is 10.1. The number of hydrogen-bond acceptors (Lipinski definition) is 1. The van der Waals surface area contributed by atoms with E-state index in [9.17, 15) is 9.18 Å². The van der Waals surface area contributed by atoms with Crippen LogP contribution in [-0.4, -0.2) is 5.91 Å². The summed E-state index contributed by atoms with van der Waals surface area (Å²) in [6.07, 6.45) is 0.229. The van der Waals surface area contributed by atoms with Crippen molar-refractivity contribution < 1.29 is 9.18 Å². The fourth-order valence-corrected chi connectivity index (χ4v) is 1.58. The van der Waals surface area contributed by atoms with Crippen LogP contribution >= 0.6 is 0 Å². The molecule has 0 bridgehead atoms. The molecule has 0 spiro atoms. The van der Waals surface area contributed by atoms with E-state index in [1.165, 1.54) is 12.1 Å². The van der Waals surface area contributed by atoms with Crippen LogP contribution in [0.1, 0.15) is 11.1 Å². The summed E-state index contributed by atoms with van der Waals surface area (Å²) >= 11 is 0. The van der Waals surface area contributed by atoms with E-state index in [1.807, 2.05) is 12.1 Å². The van der Waals surface area contributed by atoms with Gasteiger partial charge in [-0.25, -0.2) is 4.39 Å². The molecule has 2 aromatic rings. The minimum Gasteiger partial charge on any atom is -0.326 e. The Morgan fingerprint density at radius 3 is 2.28 bits per heavy atom. The first kappa shape index (κ1) is 12.3. The van der Waals surface area contributed by atoms with Gasteiger partial charge < -0.3 is 5.32 Å². The van der Waals surface area contributed by atoms with Gasteiger partial charge in [0.05, 0.1) is 6.42 Å². The van der Waals surface area contributed by atoms with Crippen molar-refractivity contribution in [2.24, 2.45) is 0 Å². The van der Waals surface area contributed by atoms with Gasteiger partial charge in [0.2, 0.25) is 5.91 Å². The molecule has 2 rings (SSSR count). The van der Waals surface area contributed by atoms with Crippen LogP contribution in [0.25, 0.3) is 0 Å². The molecular weight excluding hydrogens is 229 g/mol. The molecule has 0 aromatic heterocycles. The van der Waals surface area contributed by atoms with Crippen molar-refractivity contribution >= 4 is 11.6 Å². The molecule has 2 aromatic carbocycles. The maximum atomic E-state index is 12.7. The molecule has 18 heavy (non-hydrogen) atoms. The molecule has 0 fully saturated rings. The van der Waals surface area contributed by atoms with E-state index in [1.54, 1.807) is 24.3 Å². The summed E-state index contributed by atoms with van der Waals surface area (Å²) in [6, 6.07) is 13.2. The third kappa shape index (κ3) is 3.42. The Morgan fingerprint density at radius 1 is 1.06 bits per heavy atom. The van der Waals surface area contributed by atoms with E-state index < -0.39 is 0 Å². The highest BCUT2D eigenvalue weighted by Gasteiger charge is 2.04. The lowest BCUT2D eigenvalue weighted by Gasteiger charge is -2.05. The van der Waals surface area contributed by atoms with Crippen LogP contribution in [0.4, 0.5) is 10.1 Å². The maximum absolute atomic E-state index is 12.7. The number of nitrogens with one attached hydrogen (secondary N) is 1. The van der Waals surface area contributed by atoms with Crippen LogP contribution in [0, 0.1) is 12.7 Å². The largest absolute Gasteiger partial charge is 0.326 e. The van der Waals surface area contributed by atoms with Crippen molar-refractivity contribution in [2.75, 3.05) is 5.32 Å². The molecule has 0 saturated heterocycles. The SMILES string of the molecule is [CH2]c1ccc(NC(=O)Cc2ccc(F)cc2)cc1. The Labute approximate surface area is 105 Å². The van der Waals surface area contributed by atoms with Crippen molar-refractivity contribution in [3.63, 3.8) is 0 Å². The van der Waals surface area contributed by atoms with Crippen molar-refractivity contribution in [1.29, 1.82) is 0 Å². The van der Waals surface area contributed by atoms with Gasteiger partial charge in [0.25, 0.3) is 0 Å². The first-order chi connectivity index (χ1) is 8.63. The van der Waals surface area contributed by atoms with Crippen molar-refractivity contribution in [3.8, 4) is 0 Å². The van der Waals surface area contributed by atoms with E-state index in [-0.39, 0.29) is 18.1 Å². The quantitative estimate of drug-likeness (QED) is 0.879. The summed E-state index contributed by atoms with van der Waals surface area (Å²) in [5.74, 6) is -0.427. The predicted molar refractivity (Wildman–Crippen MR) is 69.6 cm³/mol. The molecule has 0 aliphatic rings. The third-order valence-electron chi connectivity index (χ3n) is 2.52. The molecule has 1 amide bonds. The molecular formula is C15H13FNO. The fourth-order valence-electron chi connectivity index (χ4n) is 1.58. The first-order valence-electron chi connectivity index (χ1n) is 5.60. The zero-order valence-corrected chi connectivity index (χ0v) is 9.82. The van der Waals surface area contributed by atoms with E-state index in [4.69, 9.17) is 0 Å². The van der Waals surface area contributed by atoms with Crippen LogP contribution in [0.3, 0.4) is 0 Å². The van der Waals surface area contributed by atoms with Crippen molar-refractivity contribution in [3.05, 3.63) is 72.4 Å². The Hall–Kier alpha value is -2.16. The normalized spacial score (nSPS) is 10.1. The van der Waals surface area contributed by atoms with Crippen molar-refractivity contribution in [1.82, 2.24) is 0 Å². The Kier molecular flexibility index (Phi) is 3.72. The second-order valence-corrected chi connectivity index (χ2v) is 4.05. The van der Waals surface area contributed by atoms with Gasteiger partial charge in [-0.2, -0.15) is 0 Å². The Balaban J connectivity index is 1.96. The maximum Gasteiger partial charge on any atom is 0.228 e. The van der Waals surface area contributed by atoms with E-state index in [0.717, 1.165) is 16.8 Å². The van der Waals surface area contributed by atoms with Gasteiger partial charge in [0.15, 0.2) is 0 Å². The molecule has 3 heteroatoms. The van der Waals surface area contributed by atoms with E-state index >= 15 is 0 Å². The van der Waals surface area contributed by atoms with Gasteiger partial charge in [-0.15, -0.1) is 0 Å². The molecule has 0 atom stereocenters. The summed E-state index contributed by atoms with van der Waals surface area (Å²) in [7, 11) is 0. The fraction of sp³-hybridized carbons (Fsp3) is 0.0667. The lowest BCUT2D eigenvalue weighted by Crippen LogP contribution is -2.14. The van der Waals surface area contributed by atoms with Gasteiger partial charge in [0, 0.05) is 5.69 Å². The van der Waals surface area contributed by atoms with Crippen LogP contribution in [-0.2, 0) is 11.2 Å². The lowest BCUT2D eigenvalue weighted by molar-refractivity contribution is -0.115. The molecule has 0 unspecified atom stereocenters. The minimum absolute atomic E-state index is 0.126. The number of carbonyl (C=O) groups is 1. The zero-order chi connectivity index (χ0) is 13.0. The highest BCUT2D eigenvalue weighted by molar-refractivity contribution is 5.92. The van der Waals surface area contributed by atoms with Gasteiger partial charge in [-0.1, -0.05) is 24.3 Å². The number of anilines is 1. The molecule has 2 nitrogen and oxygen atoms in total. The zero-order valence-electron chi connectivity index (χ0n) is 9.82. The van der Waals surface area contributed by atoms with Gasteiger partial charge in [-0.3, -0.25) is 4.79 Å². The van der Waals surface area contributed by atoms with Crippen LogP contribution in [0.2, 0.25) is 0 Å². The summed E-state index contributed by atoms with van der Waals surface area (Å²) in [4.78, 5) is 11.7. The standard InChI is InChI=1S/C15H13FNO/c1-11-2-8-14(9-3-11)17-15(18)10-12-4-6-13(16)7-5-12/h2-9H,1,10H2,(H,17,18). The minimum atomic E-state index is -0.301. The highest BCUT2D eigenvalue weighted by Crippen LogP contribution is 2.10. The average Bonchev–Trinajstić information content (AvgIpc) is 2.35. The second-order valence-electron chi connectivity index (χ2n) is 4.05. The monoisotopic (exact) mass is 242 g/mol. The summed E-state index contributed by atoms with van der Waals surface area (Å²) in [6.45, 7) is 3.77. The molecule has 0 heterocycles.